The van der Waals surface area contributed by atoms with Gasteiger partial charge in [0.25, 0.3) is 5.91 Å². The number of methoxy groups -OCH3 is 1. The number of rotatable bonds is 4. The number of aromatic hydroxyl groups is 1. The minimum Gasteiger partial charge on any atom is -0.507 e. The SMILES string of the molecule is COC[C@@](C)(C#N)NC(=O)c1ccc(Br)cc1O. The number of nitriles is 1. The zero-order valence-electron chi connectivity index (χ0n) is 10.0. The highest BCUT2D eigenvalue weighted by Crippen LogP contribution is 2.22. The Bertz CT molecular complexity index is 499. The van der Waals surface area contributed by atoms with E-state index < -0.39 is 11.4 Å². The van der Waals surface area contributed by atoms with E-state index in [0.717, 1.165) is 0 Å². The maximum Gasteiger partial charge on any atom is 0.256 e. The van der Waals surface area contributed by atoms with Gasteiger partial charge in [0.05, 0.1) is 18.2 Å². The van der Waals surface area contributed by atoms with E-state index in [-0.39, 0.29) is 17.9 Å². The number of phenolic OH excluding ortho intramolecular Hbond substituents is 1. The average Bonchev–Trinajstić information content (AvgIpc) is 2.28. The number of amides is 1. The third kappa shape index (κ3) is 3.45. The van der Waals surface area contributed by atoms with E-state index in [9.17, 15) is 9.90 Å². The molecular weight excluding hydrogens is 300 g/mol. The Hall–Kier alpha value is -1.58. The fraction of sp³-hybridized carbons (Fsp3) is 0.333. The van der Waals surface area contributed by atoms with Crippen molar-refractivity contribution in [2.24, 2.45) is 0 Å². The number of ether oxygens (including phenoxy) is 1. The molecule has 5 nitrogen and oxygen atoms in total. The Morgan fingerprint density at radius 2 is 2.33 bits per heavy atom. The van der Waals surface area contributed by atoms with Crippen LogP contribution in [0.4, 0.5) is 0 Å². The van der Waals surface area contributed by atoms with Crippen LogP contribution in [0.1, 0.15) is 17.3 Å². The zero-order chi connectivity index (χ0) is 13.8. The highest BCUT2D eigenvalue weighted by atomic mass is 79.9. The van der Waals surface area contributed by atoms with Crippen LogP contribution in [0.3, 0.4) is 0 Å². The van der Waals surface area contributed by atoms with Crippen LogP contribution >= 0.6 is 15.9 Å². The first kappa shape index (κ1) is 14.5. The second-order valence-electron chi connectivity index (χ2n) is 3.99. The highest BCUT2D eigenvalue weighted by molar-refractivity contribution is 9.10. The van der Waals surface area contributed by atoms with E-state index in [2.05, 4.69) is 21.2 Å². The van der Waals surface area contributed by atoms with Gasteiger partial charge in [-0.25, -0.2) is 0 Å². The molecule has 1 amide bonds. The molecule has 0 aromatic heterocycles. The molecule has 1 atom stereocenters. The lowest BCUT2D eigenvalue weighted by Gasteiger charge is -2.22. The van der Waals surface area contributed by atoms with Gasteiger partial charge in [0.1, 0.15) is 11.3 Å². The summed E-state index contributed by atoms with van der Waals surface area (Å²) in [6.45, 7) is 1.61. The van der Waals surface area contributed by atoms with Gasteiger partial charge in [-0.1, -0.05) is 15.9 Å². The topological polar surface area (TPSA) is 82.3 Å². The summed E-state index contributed by atoms with van der Waals surface area (Å²) in [6.07, 6.45) is 0. The lowest BCUT2D eigenvalue weighted by Crippen LogP contribution is -2.48. The van der Waals surface area contributed by atoms with Crippen molar-refractivity contribution < 1.29 is 14.6 Å². The minimum absolute atomic E-state index is 0.0620. The van der Waals surface area contributed by atoms with Crippen LogP contribution < -0.4 is 5.32 Å². The minimum atomic E-state index is -1.13. The molecule has 2 N–H and O–H groups in total. The van der Waals surface area contributed by atoms with Gasteiger partial charge in [-0.2, -0.15) is 5.26 Å². The van der Waals surface area contributed by atoms with Crippen molar-refractivity contribution in [2.45, 2.75) is 12.5 Å². The Balaban J connectivity index is 2.92. The van der Waals surface area contributed by atoms with Gasteiger partial charge >= 0.3 is 0 Å². The molecule has 1 aromatic rings. The summed E-state index contributed by atoms with van der Waals surface area (Å²) in [5.41, 5.74) is -1.03. The number of nitrogens with zero attached hydrogens (tertiary/aromatic N) is 1. The van der Waals surface area contributed by atoms with E-state index in [0.29, 0.717) is 4.47 Å². The number of halogens is 1. The third-order valence-electron chi connectivity index (χ3n) is 2.27. The van der Waals surface area contributed by atoms with Crippen LogP contribution in [0.2, 0.25) is 0 Å². The second kappa shape index (κ2) is 5.85. The molecule has 18 heavy (non-hydrogen) atoms. The van der Waals surface area contributed by atoms with E-state index in [1.54, 1.807) is 13.0 Å². The average molecular weight is 313 g/mol. The molecule has 0 fully saturated rings. The van der Waals surface area contributed by atoms with Crippen molar-refractivity contribution in [1.29, 1.82) is 5.26 Å². The molecular formula is C12H13BrN2O3. The molecule has 0 saturated carbocycles. The van der Waals surface area contributed by atoms with E-state index in [4.69, 9.17) is 10.00 Å². The molecule has 96 valence electrons. The van der Waals surface area contributed by atoms with Gasteiger partial charge in [-0.15, -0.1) is 0 Å². The molecule has 0 radical (unpaired) electrons. The lowest BCUT2D eigenvalue weighted by atomic mass is 10.0. The predicted molar refractivity (Wildman–Crippen MR) is 69.2 cm³/mol. The second-order valence-corrected chi connectivity index (χ2v) is 4.91. The first-order valence-electron chi connectivity index (χ1n) is 5.13. The van der Waals surface area contributed by atoms with Gasteiger partial charge in [-0.05, 0) is 25.1 Å². The largest absolute Gasteiger partial charge is 0.507 e. The predicted octanol–water partition coefficient (Wildman–Crippen LogP) is 1.81. The molecule has 0 aliphatic rings. The van der Waals surface area contributed by atoms with Gasteiger partial charge < -0.3 is 15.2 Å². The van der Waals surface area contributed by atoms with Crippen molar-refractivity contribution >= 4 is 21.8 Å². The van der Waals surface area contributed by atoms with Crippen molar-refractivity contribution in [3.63, 3.8) is 0 Å². The number of carbonyl (C=O) groups is 1. The van der Waals surface area contributed by atoms with Crippen LogP contribution in [0.5, 0.6) is 5.75 Å². The van der Waals surface area contributed by atoms with Gasteiger partial charge in [0.15, 0.2) is 0 Å². The molecule has 0 aliphatic heterocycles. The van der Waals surface area contributed by atoms with Crippen LogP contribution in [0.15, 0.2) is 22.7 Å². The van der Waals surface area contributed by atoms with Crippen LogP contribution in [0.25, 0.3) is 0 Å². The van der Waals surface area contributed by atoms with Crippen LogP contribution in [-0.4, -0.2) is 30.3 Å². The lowest BCUT2D eigenvalue weighted by molar-refractivity contribution is 0.0857. The number of benzene rings is 1. The Labute approximate surface area is 114 Å². The van der Waals surface area contributed by atoms with Crippen molar-refractivity contribution in [3.05, 3.63) is 28.2 Å². The van der Waals surface area contributed by atoms with Crippen molar-refractivity contribution in [2.75, 3.05) is 13.7 Å². The maximum absolute atomic E-state index is 11.9. The fourth-order valence-corrected chi connectivity index (χ4v) is 1.75. The molecule has 1 rings (SSSR count). The molecule has 0 aliphatic carbocycles. The van der Waals surface area contributed by atoms with E-state index in [1.165, 1.54) is 19.2 Å². The molecule has 1 aromatic carbocycles. The van der Waals surface area contributed by atoms with Crippen molar-refractivity contribution in [3.8, 4) is 11.8 Å². The van der Waals surface area contributed by atoms with Gasteiger partial charge in [-0.3, -0.25) is 4.79 Å². The third-order valence-corrected chi connectivity index (χ3v) is 2.77. The summed E-state index contributed by atoms with van der Waals surface area (Å²) in [5.74, 6) is -0.680. The smallest absolute Gasteiger partial charge is 0.256 e. The highest BCUT2D eigenvalue weighted by Gasteiger charge is 2.27. The first-order chi connectivity index (χ1) is 8.41. The summed E-state index contributed by atoms with van der Waals surface area (Å²) in [7, 11) is 1.44. The number of carbonyl (C=O) groups excluding carboxylic acids is 1. The number of phenols is 1. The Morgan fingerprint density at radius 3 is 2.83 bits per heavy atom. The molecule has 6 heteroatoms. The Kier molecular flexibility index (Phi) is 4.70. The standard InChI is InChI=1S/C12H13BrN2O3/c1-12(6-14,7-18-2)15-11(17)9-4-3-8(13)5-10(9)16/h3-5,16H,7H2,1-2H3,(H,15,17)/t12-/m1/s1. The molecule has 0 spiro atoms. The van der Waals surface area contributed by atoms with Crippen LogP contribution in [-0.2, 0) is 4.74 Å². The number of hydrogen-bond acceptors (Lipinski definition) is 4. The van der Waals surface area contributed by atoms with Crippen LogP contribution in [0, 0.1) is 11.3 Å². The van der Waals surface area contributed by atoms with Gasteiger partial charge in [0, 0.05) is 11.6 Å². The Morgan fingerprint density at radius 1 is 1.67 bits per heavy atom. The molecule has 0 saturated heterocycles. The first-order valence-corrected chi connectivity index (χ1v) is 5.92. The normalized spacial score (nSPS) is 13.4. The molecule has 0 heterocycles. The summed E-state index contributed by atoms with van der Waals surface area (Å²) in [6, 6.07) is 6.48. The monoisotopic (exact) mass is 312 g/mol. The maximum atomic E-state index is 11.9. The molecule has 0 bridgehead atoms. The number of nitrogens with one attached hydrogen (secondary N) is 1. The summed E-state index contributed by atoms with van der Waals surface area (Å²) < 4.78 is 5.54. The quantitative estimate of drug-likeness (QED) is 0.888. The van der Waals surface area contributed by atoms with E-state index in [1.807, 2.05) is 6.07 Å². The summed E-state index contributed by atoms with van der Waals surface area (Å²) in [4.78, 5) is 11.9. The summed E-state index contributed by atoms with van der Waals surface area (Å²) >= 11 is 3.18. The number of hydrogen-bond donors (Lipinski definition) is 2. The summed E-state index contributed by atoms with van der Waals surface area (Å²) in [5, 5.41) is 21.2. The molecule has 0 unspecified atom stereocenters. The zero-order valence-corrected chi connectivity index (χ0v) is 11.6. The fourth-order valence-electron chi connectivity index (χ4n) is 1.40. The van der Waals surface area contributed by atoms with Gasteiger partial charge in [0.2, 0.25) is 0 Å². The van der Waals surface area contributed by atoms with Crippen molar-refractivity contribution in [1.82, 2.24) is 5.32 Å². The van der Waals surface area contributed by atoms with E-state index >= 15 is 0 Å².